The molecule has 0 aliphatic rings. The molecule has 3 nitrogen and oxygen atoms in total. The van der Waals surface area contributed by atoms with Gasteiger partial charge in [-0.3, -0.25) is 4.98 Å². The summed E-state index contributed by atoms with van der Waals surface area (Å²) >= 11 is 3.26. The molecule has 1 aromatic heterocycles. The van der Waals surface area contributed by atoms with Crippen molar-refractivity contribution >= 4 is 15.9 Å². The molecule has 106 valence electrons. The van der Waals surface area contributed by atoms with Crippen LogP contribution >= 0.6 is 15.9 Å². The highest BCUT2D eigenvalue weighted by Gasteiger charge is 2.07. The highest BCUT2D eigenvalue weighted by Crippen LogP contribution is 2.20. The van der Waals surface area contributed by atoms with Gasteiger partial charge in [0.05, 0.1) is 5.69 Å². The molecule has 0 saturated heterocycles. The Morgan fingerprint density at radius 2 is 2.10 bits per heavy atom. The highest BCUT2D eigenvalue weighted by molar-refractivity contribution is 9.10. The number of benzene rings is 1. The van der Waals surface area contributed by atoms with E-state index in [-0.39, 0.29) is 5.82 Å². The average Bonchev–Trinajstić information content (AvgIpc) is 2.37. The fourth-order valence-corrected chi connectivity index (χ4v) is 2.41. The standard InChI is InChI=1S/C15H16BrFN2O/c1-10-2-3-15(14(19-10)4-5-18)20-9-11-6-12(16)8-13(17)7-11/h2-3,6-8H,4-5,9,18H2,1H3. The van der Waals surface area contributed by atoms with Crippen LogP contribution in [0.1, 0.15) is 17.0 Å². The van der Waals surface area contributed by atoms with E-state index in [4.69, 9.17) is 10.5 Å². The predicted molar refractivity (Wildman–Crippen MR) is 80.2 cm³/mol. The van der Waals surface area contributed by atoms with E-state index >= 15 is 0 Å². The van der Waals surface area contributed by atoms with E-state index in [0.29, 0.717) is 29.8 Å². The van der Waals surface area contributed by atoms with Gasteiger partial charge in [-0.15, -0.1) is 0 Å². The summed E-state index contributed by atoms with van der Waals surface area (Å²) in [5.74, 6) is 0.406. The first-order chi connectivity index (χ1) is 9.58. The first-order valence-electron chi connectivity index (χ1n) is 6.33. The van der Waals surface area contributed by atoms with Crippen LogP contribution in [0.2, 0.25) is 0 Å². The van der Waals surface area contributed by atoms with Gasteiger partial charge in [0.15, 0.2) is 0 Å². The highest BCUT2D eigenvalue weighted by atomic mass is 79.9. The van der Waals surface area contributed by atoms with Crippen LogP contribution in [0.4, 0.5) is 4.39 Å². The Kier molecular flexibility index (Phi) is 5.09. The van der Waals surface area contributed by atoms with Crippen LogP contribution in [-0.4, -0.2) is 11.5 Å². The van der Waals surface area contributed by atoms with E-state index in [9.17, 15) is 4.39 Å². The van der Waals surface area contributed by atoms with Crippen LogP contribution in [0.5, 0.6) is 5.75 Å². The number of nitrogens with zero attached hydrogens (tertiary/aromatic N) is 1. The summed E-state index contributed by atoms with van der Waals surface area (Å²) in [4.78, 5) is 4.42. The Labute approximate surface area is 126 Å². The molecule has 20 heavy (non-hydrogen) atoms. The zero-order chi connectivity index (χ0) is 14.5. The monoisotopic (exact) mass is 338 g/mol. The van der Waals surface area contributed by atoms with E-state index in [1.807, 2.05) is 25.1 Å². The zero-order valence-electron chi connectivity index (χ0n) is 11.2. The molecule has 0 aliphatic heterocycles. The number of rotatable bonds is 5. The van der Waals surface area contributed by atoms with Crippen molar-refractivity contribution < 1.29 is 9.13 Å². The average molecular weight is 339 g/mol. The van der Waals surface area contributed by atoms with Gasteiger partial charge in [-0.1, -0.05) is 15.9 Å². The van der Waals surface area contributed by atoms with E-state index < -0.39 is 0 Å². The number of aryl methyl sites for hydroxylation is 1. The van der Waals surface area contributed by atoms with E-state index in [2.05, 4.69) is 20.9 Å². The van der Waals surface area contributed by atoms with Crippen molar-refractivity contribution in [2.75, 3.05) is 6.54 Å². The van der Waals surface area contributed by atoms with Gasteiger partial charge in [-0.2, -0.15) is 0 Å². The number of hydrogen-bond acceptors (Lipinski definition) is 3. The van der Waals surface area contributed by atoms with Gasteiger partial charge in [0.25, 0.3) is 0 Å². The molecular formula is C15H16BrFN2O. The van der Waals surface area contributed by atoms with Crippen molar-refractivity contribution in [3.05, 3.63) is 57.6 Å². The van der Waals surface area contributed by atoms with Crippen LogP contribution in [0.15, 0.2) is 34.8 Å². The molecule has 2 rings (SSSR count). The molecule has 0 atom stereocenters. The third-order valence-corrected chi connectivity index (χ3v) is 3.23. The van der Waals surface area contributed by atoms with Crippen LogP contribution in [-0.2, 0) is 13.0 Å². The summed E-state index contributed by atoms with van der Waals surface area (Å²) in [6.07, 6.45) is 0.657. The Balaban J connectivity index is 2.13. The summed E-state index contributed by atoms with van der Waals surface area (Å²) in [5, 5.41) is 0. The lowest BCUT2D eigenvalue weighted by Crippen LogP contribution is -2.08. The van der Waals surface area contributed by atoms with E-state index in [1.165, 1.54) is 12.1 Å². The summed E-state index contributed by atoms with van der Waals surface area (Å²) < 4.78 is 19.7. The first-order valence-corrected chi connectivity index (χ1v) is 7.12. The molecule has 0 bridgehead atoms. The topological polar surface area (TPSA) is 48.1 Å². The van der Waals surface area contributed by atoms with Crippen molar-refractivity contribution in [3.8, 4) is 5.75 Å². The zero-order valence-corrected chi connectivity index (χ0v) is 12.8. The third-order valence-electron chi connectivity index (χ3n) is 2.77. The minimum atomic E-state index is -0.290. The van der Waals surface area contributed by atoms with Crippen LogP contribution < -0.4 is 10.5 Å². The molecule has 0 aliphatic carbocycles. The summed E-state index contributed by atoms with van der Waals surface area (Å²) in [6, 6.07) is 8.46. The maximum atomic E-state index is 13.3. The maximum absolute atomic E-state index is 13.3. The van der Waals surface area contributed by atoms with Crippen molar-refractivity contribution in [1.82, 2.24) is 4.98 Å². The maximum Gasteiger partial charge on any atom is 0.141 e. The molecule has 0 radical (unpaired) electrons. The van der Waals surface area contributed by atoms with Gasteiger partial charge in [-0.25, -0.2) is 4.39 Å². The fourth-order valence-electron chi connectivity index (χ4n) is 1.90. The smallest absolute Gasteiger partial charge is 0.141 e. The van der Waals surface area contributed by atoms with Gasteiger partial charge >= 0.3 is 0 Å². The predicted octanol–water partition coefficient (Wildman–Crippen LogP) is 3.37. The third kappa shape index (κ3) is 4.02. The molecular weight excluding hydrogens is 323 g/mol. The summed E-state index contributed by atoms with van der Waals surface area (Å²) in [6.45, 7) is 2.73. The number of halogens is 2. The number of aromatic nitrogens is 1. The quantitative estimate of drug-likeness (QED) is 0.909. The Hall–Kier alpha value is -1.46. The van der Waals surface area contributed by atoms with E-state index in [1.54, 1.807) is 0 Å². The molecule has 5 heteroatoms. The molecule has 0 saturated carbocycles. The van der Waals surface area contributed by atoms with Gasteiger partial charge in [0.1, 0.15) is 18.2 Å². The minimum Gasteiger partial charge on any atom is -0.487 e. The number of hydrogen-bond donors (Lipinski definition) is 1. The van der Waals surface area contributed by atoms with Crippen LogP contribution in [0.25, 0.3) is 0 Å². The number of nitrogens with two attached hydrogens (primary N) is 1. The van der Waals surface area contributed by atoms with Gasteiger partial charge < -0.3 is 10.5 Å². The molecule has 0 amide bonds. The van der Waals surface area contributed by atoms with Crippen molar-refractivity contribution in [1.29, 1.82) is 0 Å². The molecule has 2 aromatic rings. The normalized spacial score (nSPS) is 10.6. The molecule has 2 N–H and O–H groups in total. The summed E-state index contributed by atoms with van der Waals surface area (Å²) in [7, 11) is 0. The van der Waals surface area contributed by atoms with Crippen LogP contribution in [0.3, 0.4) is 0 Å². The second kappa shape index (κ2) is 6.81. The van der Waals surface area contributed by atoms with Crippen LogP contribution in [0, 0.1) is 12.7 Å². The van der Waals surface area contributed by atoms with E-state index in [0.717, 1.165) is 17.0 Å². The van der Waals surface area contributed by atoms with Crippen molar-refractivity contribution in [2.45, 2.75) is 20.0 Å². The first kappa shape index (κ1) is 14.9. The molecule has 0 fully saturated rings. The summed E-state index contributed by atoms with van der Waals surface area (Å²) in [5.41, 5.74) is 8.10. The minimum absolute atomic E-state index is 0.290. The number of ether oxygens (including phenoxy) is 1. The van der Waals surface area contributed by atoms with Gasteiger partial charge in [-0.05, 0) is 49.4 Å². The SMILES string of the molecule is Cc1ccc(OCc2cc(F)cc(Br)c2)c(CCN)n1. The lowest BCUT2D eigenvalue weighted by atomic mass is 10.2. The Bertz CT molecular complexity index is 584. The molecule has 0 unspecified atom stereocenters. The molecule has 1 heterocycles. The molecule has 1 aromatic carbocycles. The largest absolute Gasteiger partial charge is 0.487 e. The van der Waals surface area contributed by atoms with Crippen molar-refractivity contribution in [3.63, 3.8) is 0 Å². The van der Waals surface area contributed by atoms with Gasteiger partial charge in [0, 0.05) is 16.6 Å². The number of pyridine rings is 1. The lowest BCUT2D eigenvalue weighted by molar-refractivity contribution is 0.300. The molecule has 0 spiro atoms. The Morgan fingerprint density at radius 3 is 2.80 bits per heavy atom. The second-order valence-electron chi connectivity index (χ2n) is 4.50. The van der Waals surface area contributed by atoms with Crippen molar-refractivity contribution in [2.24, 2.45) is 5.73 Å². The lowest BCUT2D eigenvalue weighted by Gasteiger charge is -2.11. The second-order valence-corrected chi connectivity index (χ2v) is 5.42. The Morgan fingerprint density at radius 1 is 1.30 bits per heavy atom. The fraction of sp³-hybridized carbons (Fsp3) is 0.267. The van der Waals surface area contributed by atoms with Gasteiger partial charge in [0.2, 0.25) is 0 Å².